The largest absolute Gasteiger partial charge is 0.309 e. The van der Waals surface area contributed by atoms with Crippen molar-refractivity contribution >= 4 is 11.9 Å². The first kappa shape index (κ1) is 11.7. The van der Waals surface area contributed by atoms with Gasteiger partial charge in [0.2, 0.25) is 0 Å². The van der Waals surface area contributed by atoms with Crippen molar-refractivity contribution in [2.45, 2.75) is 6.42 Å². The minimum absolute atomic E-state index is 0.174. The van der Waals surface area contributed by atoms with Gasteiger partial charge in [-0.15, -0.1) is 0 Å². The fourth-order valence-electron chi connectivity index (χ4n) is 1.17. The van der Waals surface area contributed by atoms with Crippen LogP contribution in [0.5, 0.6) is 0 Å². The van der Waals surface area contributed by atoms with Crippen LogP contribution in [0.3, 0.4) is 0 Å². The van der Waals surface area contributed by atoms with E-state index in [-0.39, 0.29) is 5.78 Å². The Balaban J connectivity index is 2.41. The quantitative estimate of drug-likeness (QED) is 0.684. The maximum absolute atomic E-state index is 11.4. The molecule has 1 rings (SSSR count). The zero-order valence-electron chi connectivity index (χ0n) is 9.31. The lowest BCUT2D eigenvalue weighted by molar-refractivity contribution is -0.114. The molecule has 0 saturated carbocycles. The lowest BCUT2D eigenvalue weighted by atomic mass is 10.2. The molecule has 0 bridgehead atoms. The van der Waals surface area contributed by atoms with Crippen molar-refractivity contribution in [3.05, 3.63) is 42.0 Å². The molecule has 2 nitrogen and oxygen atoms in total. The molecule has 2 heteroatoms. The third kappa shape index (κ3) is 5.13. The Bertz CT molecular complexity index is 328. The molecule has 0 saturated heterocycles. The molecule has 80 valence electrons. The van der Waals surface area contributed by atoms with Crippen LogP contribution in [0.25, 0.3) is 6.08 Å². The summed E-state index contributed by atoms with van der Waals surface area (Å²) < 4.78 is 0. The third-order valence-corrected chi connectivity index (χ3v) is 2.07. The van der Waals surface area contributed by atoms with E-state index in [1.165, 1.54) is 0 Å². The van der Waals surface area contributed by atoms with Crippen LogP contribution in [0.15, 0.2) is 36.4 Å². The van der Waals surface area contributed by atoms with Crippen LogP contribution in [-0.2, 0) is 4.79 Å². The Morgan fingerprint density at radius 2 is 1.93 bits per heavy atom. The second kappa shape index (κ2) is 6.14. The molecule has 0 unspecified atom stereocenters. The molecule has 0 aliphatic rings. The molecule has 0 heterocycles. The minimum Gasteiger partial charge on any atom is -0.309 e. The highest BCUT2D eigenvalue weighted by Crippen LogP contribution is 2.01. The highest BCUT2D eigenvalue weighted by atomic mass is 16.1. The van der Waals surface area contributed by atoms with E-state index >= 15 is 0 Å². The fourth-order valence-corrected chi connectivity index (χ4v) is 1.17. The number of hydrogen-bond donors (Lipinski definition) is 0. The van der Waals surface area contributed by atoms with Crippen molar-refractivity contribution in [1.82, 2.24) is 4.90 Å². The maximum Gasteiger partial charge on any atom is 0.156 e. The third-order valence-electron chi connectivity index (χ3n) is 2.07. The number of allylic oxidation sites excluding steroid dienone is 1. The Kier molecular flexibility index (Phi) is 4.78. The van der Waals surface area contributed by atoms with Gasteiger partial charge in [-0.3, -0.25) is 4.79 Å². The fraction of sp³-hybridized carbons (Fsp3) is 0.308. The van der Waals surface area contributed by atoms with Gasteiger partial charge in [-0.2, -0.15) is 0 Å². The number of nitrogens with zero attached hydrogens (tertiary/aromatic N) is 1. The van der Waals surface area contributed by atoms with Gasteiger partial charge in [0.25, 0.3) is 0 Å². The summed E-state index contributed by atoms with van der Waals surface area (Å²) in [7, 11) is 3.93. The zero-order chi connectivity index (χ0) is 11.1. The van der Waals surface area contributed by atoms with E-state index < -0.39 is 0 Å². The summed E-state index contributed by atoms with van der Waals surface area (Å²) in [5, 5.41) is 0. The molecule has 0 atom stereocenters. The average molecular weight is 203 g/mol. The summed E-state index contributed by atoms with van der Waals surface area (Å²) in [4.78, 5) is 13.4. The van der Waals surface area contributed by atoms with E-state index in [1.54, 1.807) is 6.08 Å². The molecular formula is C13H17NO. The Morgan fingerprint density at radius 3 is 2.53 bits per heavy atom. The predicted octanol–water partition coefficient (Wildman–Crippen LogP) is 2.22. The van der Waals surface area contributed by atoms with Gasteiger partial charge in [0.1, 0.15) is 0 Å². The SMILES string of the molecule is CN(C)CCC(=O)/C=C/c1ccccc1. The van der Waals surface area contributed by atoms with Crippen molar-refractivity contribution in [2.75, 3.05) is 20.6 Å². The molecule has 15 heavy (non-hydrogen) atoms. The van der Waals surface area contributed by atoms with Crippen molar-refractivity contribution in [3.8, 4) is 0 Å². The van der Waals surface area contributed by atoms with Gasteiger partial charge >= 0.3 is 0 Å². The van der Waals surface area contributed by atoms with Crippen LogP contribution in [0.4, 0.5) is 0 Å². The molecule has 0 aromatic heterocycles. The first-order valence-electron chi connectivity index (χ1n) is 5.09. The average Bonchev–Trinajstić information content (AvgIpc) is 2.25. The van der Waals surface area contributed by atoms with Crippen molar-refractivity contribution < 1.29 is 4.79 Å². The monoisotopic (exact) mass is 203 g/mol. The van der Waals surface area contributed by atoms with Gasteiger partial charge < -0.3 is 4.90 Å². The molecule has 1 aromatic carbocycles. The lowest BCUT2D eigenvalue weighted by Gasteiger charge is -2.06. The van der Waals surface area contributed by atoms with Crippen molar-refractivity contribution in [1.29, 1.82) is 0 Å². The second-order valence-electron chi connectivity index (χ2n) is 3.76. The molecule has 0 spiro atoms. The molecule has 0 radical (unpaired) electrons. The lowest BCUT2D eigenvalue weighted by Crippen LogP contribution is -2.15. The summed E-state index contributed by atoms with van der Waals surface area (Å²) in [6.45, 7) is 0.804. The Hall–Kier alpha value is -1.41. The van der Waals surface area contributed by atoms with Crippen LogP contribution in [0, 0.1) is 0 Å². The maximum atomic E-state index is 11.4. The first-order valence-corrected chi connectivity index (χ1v) is 5.09. The van der Waals surface area contributed by atoms with Crippen LogP contribution >= 0.6 is 0 Å². The highest BCUT2D eigenvalue weighted by Gasteiger charge is 1.97. The second-order valence-corrected chi connectivity index (χ2v) is 3.76. The number of rotatable bonds is 5. The van der Waals surface area contributed by atoms with Crippen molar-refractivity contribution in [2.24, 2.45) is 0 Å². The van der Waals surface area contributed by atoms with Gasteiger partial charge in [0.05, 0.1) is 0 Å². The number of carbonyl (C=O) groups is 1. The van der Waals surface area contributed by atoms with E-state index in [4.69, 9.17) is 0 Å². The molecule has 0 aliphatic carbocycles. The van der Waals surface area contributed by atoms with Crippen LogP contribution in [0.2, 0.25) is 0 Å². The summed E-state index contributed by atoms with van der Waals surface area (Å²) in [6, 6.07) is 9.85. The van der Waals surface area contributed by atoms with Crippen LogP contribution in [-0.4, -0.2) is 31.3 Å². The van der Waals surface area contributed by atoms with E-state index in [1.807, 2.05) is 55.4 Å². The number of carbonyl (C=O) groups excluding carboxylic acids is 1. The molecule has 0 fully saturated rings. The molecule has 0 N–H and O–H groups in total. The topological polar surface area (TPSA) is 20.3 Å². The van der Waals surface area contributed by atoms with Gasteiger partial charge in [-0.1, -0.05) is 36.4 Å². The Labute approximate surface area is 91.2 Å². The van der Waals surface area contributed by atoms with E-state index in [9.17, 15) is 4.79 Å². The number of ketones is 1. The number of hydrogen-bond acceptors (Lipinski definition) is 2. The van der Waals surface area contributed by atoms with Gasteiger partial charge in [0, 0.05) is 13.0 Å². The molecular weight excluding hydrogens is 186 g/mol. The smallest absolute Gasteiger partial charge is 0.156 e. The standard InChI is InChI=1S/C13H17NO/c1-14(2)11-10-13(15)9-8-12-6-4-3-5-7-12/h3-9H,10-11H2,1-2H3/b9-8+. The van der Waals surface area contributed by atoms with E-state index in [0.29, 0.717) is 6.42 Å². The van der Waals surface area contributed by atoms with Gasteiger partial charge in [-0.05, 0) is 25.7 Å². The summed E-state index contributed by atoms with van der Waals surface area (Å²) in [6.07, 6.45) is 4.09. The van der Waals surface area contributed by atoms with Crippen LogP contribution < -0.4 is 0 Å². The summed E-state index contributed by atoms with van der Waals surface area (Å²) >= 11 is 0. The minimum atomic E-state index is 0.174. The zero-order valence-corrected chi connectivity index (χ0v) is 9.31. The summed E-state index contributed by atoms with van der Waals surface area (Å²) in [5.74, 6) is 0.174. The molecule has 1 aromatic rings. The van der Waals surface area contributed by atoms with E-state index in [2.05, 4.69) is 0 Å². The normalized spacial score (nSPS) is 11.1. The van der Waals surface area contributed by atoms with E-state index in [0.717, 1.165) is 12.1 Å². The number of benzene rings is 1. The van der Waals surface area contributed by atoms with Gasteiger partial charge in [0.15, 0.2) is 5.78 Å². The van der Waals surface area contributed by atoms with Gasteiger partial charge in [-0.25, -0.2) is 0 Å². The molecule has 0 amide bonds. The predicted molar refractivity (Wildman–Crippen MR) is 63.7 cm³/mol. The van der Waals surface area contributed by atoms with Crippen molar-refractivity contribution in [3.63, 3.8) is 0 Å². The molecule has 0 aliphatic heterocycles. The first-order chi connectivity index (χ1) is 7.18. The highest BCUT2D eigenvalue weighted by molar-refractivity contribution is 5.93. The Morgan fingerprint density at radius 1 is 1.27 bits per heavy atom. The van der Waals surface area contributed by atoms with Crippen LogP contribution in [0.1, 0.15) is 12.0 Å². The summed E-state index contributed by atoms with van der Waals surface area (Å²) in [5.41, 5.74) is 1.07.